The fraction of sp³-hybridized carbons (Fsp3) is 0.467. The maximum absolute atomic E-state index is 12.0. The van der Waals surface area contributed by atoms with E-state index in [1.807, 2.05) is 12.1 Å². The highest BCUT2D eigenvalue weighted by Gasteiger charge is 2.32. The Balaban J connectivity index is 2.11. The van der Waals surface area contributed by atoms with Gasteiger partial charge >= 0.3 is 0 Å². The first-order valence-electron chi connectivity index (χ1n) is 6.77. The van der Waals surface area contributed by atoms with Gasteiger partial charge in [-0.05, 0) is 17.5 Å². The van der Waals surface area contributed by atoms with E-state index in [2.05, 4.69) is 19.1 Å². The summed E-state index contributed by atoms with van der Waals surface area (Å²) >= 11 is 0. The second-order valence-electron chi connectivity index (χ2n) is 4.93. The Morgan fingerprint density at radius 1 is 1.16 bits per heavy atom. The number of aryl methyl sites for hydroxylation is 1. The largest absolute Gasteiger partial charge is 0.329 e. The Labute approximate surface area is 113 Å². The number of nitrogens with zero attached hydrogens (tertiary/aromatic N) is 1. The third-order valence-electron chi connectivity index (χ3n) is 3.66. The number of rotatable bonds is 4. The van der Waals surface area contributed by atoms with Crippen molar-refractivity contribution < 1.29 is 9.59 Å². The Bertz CT molecular complexity index is 450. The van der Waals surface area contributed by atoms with Crippen LogP contribution in [0.4, 0.5) is 0 Å². The van der Waals surface area contributed by atoms with E-state index in [-0.39, 0.29) is 17.7 Å². The van der Waals surface area contributed by atoms with Gasteiger partial charge in [0.05, 0.1) is 0 Å². The van der Waals surface area contributed by atoms with E-state index in [1.54, 1.807) is 0 Å². The Kier molecular flexibility index (Phi) is 4.32. The highest BCUT2D eigenvalue weighted by Crippen LogP contribution is 2.29. The smallest absolute Gasteiger partial charge is 0.229 e. The van der Waals surface area contributed by atoms with Crippen LogP contribution in [0.2, 0.25) is 0 Å². The number of carbonyl (C=O) groups is 2. The summed E-state index contributed by atoms with van der Waals surface area (Å²) < 4.78 is 0. The molecule has 4 heteroatoms. The monoisotopic (exact) mass is 260 g/mol. The lowest BCUT2D eigenvalue weighted by atomic mass is 9.88. The lowest BCUT2D eigenvalue weighted by Gasteiger charge is -2.30. The van der Waals surface area contributed by atoms with Crippen molar-refractivity contribution in [2.24, 2.45) is 5.73 Å². The molecule has 1 aliphatic rings. The summed E-state index contributed by atoms with van der Waals surface area (Å²) in [5.74, 6) is -0.197. The Hall–Kier alpha value is -1.68. The van der Waals surface area contributed by atoms with Crippen LogP contribution in [0, 0.1) is 0 Å². The Morgan fingerprint density at radius 2 is 1.74 bits per heavy atom. The van der Waals surface area contributed by atoms with Crippen molar-refractivity contribution in [2.75, 3.05) is 13.1 Å². The normalized spacial score (nSPS) is 17.1. The molecule has 1 aliphatic heterocycles. The maximum Gasteiger partial charge on any atom is 0.229 e. The summed E-state index contributed by atoms with van der Waals surface area (Å²) in [4.78, 5) is 25.2. The zero-order valence-corrected chi connectivity index (χ0v) is 11.3. The molecule has 2 amide bonds. The zero-order valence-electron chi connectivity index (χ0n) is 11.3. The first-order chi connectivity index (χ1) is 9.15. The lowest BCUT2D eigenvalue weighted by Crippen LogP contribution is -2.44. The van der Waals surface area contributed by atoms with Crippen LogP contribution in [0.3, 0.4) is 0 Å². The van der Waals surface area contributed by atoms with Crippen LogP contribution in [-0.4, -0.2) is 29.8 Å². The number of piperidine rings is 1. The Morgan fingerprint density at radius 3 is 2.21 bits per heavy atom. The summed E-state index contributed by atoms with van der Waals surface area (Å²) in [6, 6.07) is 8.19. The average Bonchev–Trinajstić information content (AvgIpc) is 2.43. The van der Waals surface area contributed by atoms with Gasteiger partial charge in [0.15, 0.2) is 0 Å². The molecular formula is C15H20N2O2. The van der Waals surface area contributed by atoms with Gasteiger partial charge in [-0.15, -0.1) is 0 Å². The van der Waals surface area contributed by atoms with Gasteiger partial charge in [-0.2, -0.15) is 0 Å². The van der Waals surface area contributed by atoms with E-state index in [4.69, 9.17) is 5.73 Å². The predicted octanol–water partition coefficient (Wildman–Crippen LogP) is 1.44. The minimum atomic E-state index is -0.105. The van der Waals surface area contributed by atoms with Crippen LogP contribution in [-0.2, 0) is 16.0 Å². The SMILES string of the molecule is CCc1ccc(C2CC(=O)N(CCN)C(=O)C2)cc1. The average molecular weight is 260 g/mol. The minimum Gasteiger partial charge on any atom is -0.329 e. The second kappa shape index (κ2) is 5.97. The molecule has 4 nitrogen and oxygen atoms in total. The van der Waals surface area contributed by atoms with E-state index in [0.717, 1.165) is 12.0 Å². The number of likely N-dealkylation sites (tertiary alicyclic amines) is 1. The van der Waals surface area contributed by atoms with Gasteiger partial charge in [-0.25, -0.2) is 0 Å². The van der Waals surface area contributed by atoms with Crippen LogP contribution < -0.4 is 5.73 Å². The second-order valence-corrected chi connectivity index (χ2v) is 4.93. The maximum atomic E-state index is 12.0. The summed E-state index contributed by atoms with van der Waals surface area (Å²) in [6.07, 6.45) is 1.79. The van der Waals surface area contributed by atoms with Gasteiger partial charge in [-0.1, -0.05) is 31.2 Å². The first kappa shape index (κ1) is 13.7. The zero-order chi connectivity index (χ0) is 13.8. The highest BCUT2D eigenvalue weighted by molar-refractivity contribution is 5.98. The number of benzene rings is 1. The van der Waals surface area contributed by atoms with Crippen LogP contribution in [0.15, 0.2) is 24.3 Å². The third kappa shape index (κ3) is 3.01. The van der Waals surface area contributed by atoms with E-state index < -0.39 is 0 Å². The number of carbonyl (C=O) groups excluding carboxylic acids is 2. The molecule has 2 rings (SSSR count). The molecule has 0 bridgehead atoms. The van der Waals surface area contributed by atoms with E-state index in [0.29, 0.717) is 25.9 Å². The number of hydrogen-bond acceptors (Lipinski definition) is 3. The number of hydrogen-bond donors (Lipinski definition) is 1. The molecule has 0 spiro atoms. The van der Waals surface area contributed by atoms with E-state index in [1.165, 1.54) is 10.5 Å². The molecule has 19 heavy (non-hydrogen) atoms. The summed E-state index contributed by atoms with van der Waals surface area (Å²) in [5.41, 5.74) is 7.76. The molecule has 102 valence electrons. The molecule has 1 aromatic rings. The van der Waals surface area contributed by atoms with Gasteiger partial charge in [0.25, 0.3) is 0 Å². The highest BCUT2D eigenvalue weighted by atomic mass is 16.2. The molecule has 0 radical (unpaired) electrons. The van der Waals surface area contributed by atoms with Gasteiger partial charge in [-0.3, -0.25) is 14.5 Å². The van der Waals surface area contributed by atoms with Crippen molar-refractivity contribution in [1.82, 2.24) is 4.90 Å². The fourth-order valence-corrected chi connectivity index (χ4v) is 2.49. The number of imide groups is 1. The predicted molar refractivity (Wildman–Crippen MR) is 73.6 cm³/mol. The van der Waals surface area contributed by atoms with Crippen molar-refractivity contribution in [3.05, 3.63) is 35.4 Å². The fourth-order valence-electron chi connectivity index (χ4n) is 2.49. The van der Waals surface area contributed by atoms with Crippen molar-refractivity contribution in [3.63, 3.8) is 0 Å². The molecular weight excluding hydrogens is 240 g/mol. The molecule has 0 aliphatic carbocycles. The molecule has 1 fully saturated rings. The third-order valence-corrected chi connectivity index (χ3v) is 3.66. The van der Waals surface area contributed by atoms with Crippen LogP contribution in [0.25, 0.3) is 0 Å². The van der Waals surface area contributed by atoms with Gasteiger partial charge in [0, 0.05) is 31.8 Å². The van der Waals surface area contributed by atoms with Crippen molar-refractivity contribution in [3.8, 4) is 0 Å². The molecule has 2 N–H and O–H groups in total. The minimum absolute atomic E-state index is 0.0138. The lowest BCUT2D eigenvalue weighted by molar-refractivity contribution is -0.148. The van der Waals surface area contributed by atoms with Crippen molar-refractivity contribution >= 4 is 11.8 Å². The van der Waals surface area contributed by atoms with Gasteiger partial charge in [0.1, 0.15) is 0 Å². The molecule has 0 saturated carbocycles. The molecule has 0 aromatic heterocycles. The summed E-state index contributed by atoms with van der Waals surface area (Å²) in [6.45, 7) is 2.76. The molecule has 1 saturated heterocycles. The summed E-state index contributed by atoms with van der Waals surface area (Å²) in [5, 5.41) is 0. The number of amides is 2. The van der Waals surface area contributed by atoms with Crippen LogP contribution in [0.5, 0.6) is 0 Å². The molecule has 0 atom stereocenters. The quantitative estimate of drug-likeness (QED) is 0.833. The first-order valence-corrected chi connectivity index (χ1v) is 6.77. The number of nitrogens with two attached hydrogens (primary N) is 1. The molecule has 0 unspecified atom stereocenters. The van der Waals surface area contributed by atoms with Crippen LogP contribution >= 0.6 is 0 Å². The van der Waals surface area contributed by atoms with Crippen LogP contribution in [0.1, 0.15) is 36.8 Å². The topological polar surface area (TPSA) is 63.4 Å². The van der Waals surface area contributed by atoms with Gasteiger partial charge < -0.3 is 5.73 Å². The van der Waals surface area contributed by atoms with Crippen molar-refractivity contribution in [1.29, 1.82) is 0 Å². The molecule has 1 heterocycles. The van der Waals surface area contributed by atoms with Crippen molar-refractivity contribution in [2.45, 2.75) is 32.1 Å². The standard InChI is InChI=1S/C15H20N2O2/c1-2-11-3-5-12(6-4-11)13-9-14(18)17(8-7-16)15(19)10-13/h3-6,13H,2,7-10,16H2,1H3. The van der Waals surface area contributed by atoms with Gasteiger partial charge in [0.2, 0.25) is 11.8 Å². The summed E-state index contributed by atoms with van der Waals surface area (Å²) in [7, 11) is 0. The molecule has 1 aromatic carbocycles. The van der Waals surface area contributed by atoms with E-state index in [9.17, 15) is 9.59 Å². The van der Waals surface area contributed by atoms with E-state index >= 15 is 0 Å².